The SMILES string of the molecule is NCCCCC#P=O. The van der Waals surface area contributed by atoms with Crippen LogP contribution >= 0.6 is 7.92 Å². The molecule has 0 aliphatic heterocycles. The number of unbranched alkanes of at least 4 members (excludes halogenated alkanes) is 2. The average Bonchev–Trinajstić information content (AvgIpc) is 1.81. The van der Waals surface area contributed by atoms with Crippen LogP contribution in [0.4, 0.5) is 0 Å². The summed E-state index contributed by atoms with van der Waals surface area (Å²) in [4.78, 5) is 0. The van der Waals surface area contributed by atoms with Crippen LogP contribution in [-0.4, -0.2) is 6.54 Å². The summed E-state index contributed by atoms with van der Waals surface area (Å²) in [5.41, 5.74) is 7.85. The molecule has 0 fully saturated rings. The molecular weight excluding hydrogens is 121 g/mol. The van der Waals surface area contributed by atoms with Crippen LogP contribution < -0.4 is 5.73 Å². The Morgan fingerprint density at radius 3 is 2.75 bits per heavy atom. The molecule has 2 N–H and O–H groups in total. The normalized spacial score (nSPS) is 8.12. The third-order valence-corrected chi connectivity index (χ3v) is 1.16. The molecule has 0 saturated carbocycles. The topological polar surface area (TPSA) is 43.1 Å². The van der Waals surface area contributed by atoms with Crippen molar-refractivity contribution in [3.8, 4) is 5.63 Å². The third-order valence-electron chi connectivity index (χ3n) is 0.807. The van der Waals surface area contributed by atoms with E-state index in [1.807, 2.05) is 0 Å². The molecule has 0 amide bonds. The van der Waals surface area contributed by atoms with Crippen LogP contribution in [0, 0.1) is 5.63 Å². The van der Waals surface area contributed by atoms with Crippen molar-refractivity contribution in [1.82, 2.24) is 0 Å². The van der Waals surface area contributed by atoms with Gasteiger partial charge < -0.3 is 0 Å². The van der Waals surface area contributed by atoms with Gasteiger partial charge in [0.25, 0.3) is 0 Å². The van der Waals surface area contributed by atoms with Gasteiger partial charge in [-0.1, -0.05) is 0 Å². The van der Waals surface area contributed by atoms with Crippen molar-refractivity contribution in [3.63, 3.8) is 0 Å². The molecule has 0 unspecified atom stereocenters. The molecule has 0 rings (SSSR count). The molecule has 0 aromatic heterocycles. The van der Waals surface area contributed by atoms with Gasteiger partial charge in [0.15, 0.2) is 0 Å². The molecule has 0 aliphatic rings. The van der Waals surface area contributed by atoms with Crippen molar-refractivity contribution in [2.45, 2.75) is 19.3 Å². The predicted octanol–water partition coefficient (Wildman–Crippen LogP) is 1.37. The van der Waals surface area contributed by atoms with Crippen LogP contribution in [0.5, 0.6) is 0 Å². The second-order valence-corrected chi connectivity index (χ2v) is 1.99. The van der Waals surface area contributed by atoms with E-state index >= 15 is 0 Å². The Bertz CT molecular complexity index is 126. The van der Waals surface area contributed by atoms with E-state index in [-0.39, 0.29) is 7.92 Å². The minimum atomic E-state index is 0.0197. The fraction of sp³-hybridized carbons (Fsp3) is 0.800. The third kappa shape index (κ3) is 5.97. The first-order valence-corrected chi connectivity index (χ1v) is 3.48. The van der Waals surface area contributed by atoms with Crippen LogP contribution in [0.25, 0.3) is 0 Å². The van der Waals surface area contributed by atoms with E-state index in [1.165, 1.54) is 0 Å². The first-order valence-electron chi connectivity index (χ1n) is 2.67. The van der Waals surface area contributed by atoms with Crippen molar-refractivity contribution in [2.75, 3.05) is 6.54 Å². The van der Waals surface area contributed by atoms with Gasteiger partial charge >= 0.3 is 49.6 Å². The summed E-state index contributed by atoms with van der Waals surface area (Å²) in [7, 11) is 0.0197. The summed E-state index contributed by atoms with van der Waals surface area (Å²) in [5, 5.41) is 0. The van der Waals surface area contributed by atoms with Gasteiger partial charge in [0, 0.05) is 0 Å². The van der Waals surface area contributed by atoms with Crippen LogP contribution in [0.15, 0.2) is 0 Å². The number of rotatable bonds is 3. The average molecular weight is 131 g/mol. The van der Waals surface area contributed by atoms with Crippen molar-refractivity contribution >= 4 is 7.92 Å². The summed E-state index contributed by atoms with van der Waals surface area (Å²) < 4.78 is 9.72. The zero-order chi connectivity index (χ0) is 6.24. The standard InChI is InChI=1S/C5H10NOP/c6-4-2-1-3-5-8-7/h1-4,6H2. The van der Waals surface area contributed by atoms with E-state index in [0.717, 1.165) is 25.8 Å². The number of hydrogen-bond acceptors (Lipinski definition) is 2. The fourth-order valence-electron chi connectivity index (χ4n) is 0.394. The fourth-order valence-corrected chi connectivity index (χ4v) is 0.643. The van der Waals surface area contributed by atoms with Crippen molar-refractivity contribution in [1.29, 1.82) is 0 Å². The van der Waals surface area contributed by atoms with Crippen LogP contribution in [0.1, 0.15) is 19.3 Å². The molecule has 0 aromatic carbocycles. The van der Waals surface area contributed by atoms with Crippen molar-refractivity contribution < 1.29 is 4.57 Å². The summed E-state index contributed by atoms with van der Waals surface area (Å²) in [6.45, 7) is 0.720. The quantitative estimate of drug-likeness (QED) is 0.464. The monoisotopic (exact) mass is 131 g/mol. The zero-order valence-corrected chi connectivity index (χ0v) is 5.66. The molecule has 0 heterocycles. The van der Waals surface area contributed by atoms with E-state index < -0.39 is 0 Å². The first-order chi connectivity index (χ1) is 3.91. The zero-order valence-electron chi connectivity index (χ0n) is 4.76. The number of hydrogen-bond donors (Lipinski definition) is 1. The maximum atomic E-state index is 9.72. The second kappa shape index (κ2) is 6.97. The van der Waals surface area contributed by atoms with Gasteiger partial charge in [-0.2, -0.15) is 0 Å². The molecule has 0 saturated heterocycles. The predicted molar refractivity (Wildman–Crippen MR) is 34.4 cm³/mol. The molecule has 3 heteroatoms. The van der Waals surface area contributed by atoms with Crippen molar-refractivity contribution in [3.05, 3.63) is 0 Å². The molecular formula is C5H10NOP. The molecule has 46 valence electrons. The van der Waals surface area contributed by atoms with Crippen molar-refractivity contribution in [2.24, 2.45) is 5.73 Å². The van der Waals surface area contributed by atoms with Gasteiger partial charge in [0.05, 0.1) is 0 Å². The van der Waals surface area contributed by atoms with Gasteiger partial charge in [-0.3, -0.25) is 0 Å². The Hall–Kier alpha value is -0.0300. The first kappa shape index (κ1) is 7.97. The van der Waals surface area contributed by atoms with Gasteiger partial charge in [-0.15, -0.1) is 0 Å². The Labute approximate surface area is 50.6 Å². The van der Waals surface area contributed by atoms with Gasteiger partial charge in [0.2, 0.25) is 0 Å². The maximum absolute atomic E-state index is 9.72. The summed E-state index contributed by atoms with van der Waals surface area (Å²) in [5.74, 6) is 0. The number of nitrogens with two attached hydrogens (primary N) is 1. The molecule has 0 aromatic rings. The molecule has 0 radical (unpaired) electrons. The Morgan fingerprint density at radius 2 is 2.25 bits per heavy atom. The van der Waals surface area contributed by atoms with Crippen LogP contribution in [0.2, 0.25) is 0 Å². The summed E-state index contributed by atoms with van der Waals surface area (Å²) in [6, 6.07) is 0. The van der Waals surface area contributed by atoms with E-state index in [2.05, 4.69) is 5.63 Å². The van der Waals surface area contributed by atoms with E-state index in [0.29, 0.717) is 0 Å². The Kier molecular flexibility index (Phi) is 6.94. The van der Waals surface area contributed by atoms with E-state index in [9.17, 15) is 4.57 Å². The molecule has 0 aliphatic carbocycles. The molecule has 0 spiro atoms. The van der Waals surface area contributed by atoms with Gasteiger partial charge in [-0.05, 0) is 0 Å². The van der Waals surface area contributed by atoms with E-state index in [1.54, 1.807) is 0 Å². The molecule has 2 nitrogen and oxygen atoms in total. The van der Waals surface area contributed by atoms with Gasteiger partial charge in [0.1, 0.15) is 0 Å². The molecule has 0 bridgehead atoms. The van der Waals surface area contributed by atoms with Crippen LogP contribution in [-0.2, 0) is 4.57 Å². The molecule has 0 atom stereocenters. The Balaban J connectivity index is 2.90. The minimum absolute atomic E-state index is 0.0197. The Morgan fingerprint density at radius 1 is 1.50 bits per heavy atom. The van der Waals surface area contributed by atoms with Crippen LogP contribution in [0.3, 0.4) is 0 Å². The summed E-state index contributed by atoms with van der Waals surface area (Å²) in [6.07, 6.45) is 2.80. The molecule has 8 heavy (non-hydrogen) atoms. The van der Waals surface area contributed by atoms with Gasteiger partial charge in [-0.25, -0.2) is 0 Å². The summed E-state index contributed by atoms with van der Waals surface area (Å²) >= 11 is 0. The van der Waals surface area contributed by atoms with E-state index in [4.69, 9.17) is 5.73 Å². The second-order valence-electron chi connectivity index (χ2n) is 1.50.